The number of nitrogens with two attached hydrogens (primary N) is 1. The van der Waals surface area contributed by atoms with Gasteiger partial charge in [-0.25, -0.2) is 0 Å². The molecule has 0 aliphatic heterocycles. The topological polar surface area (TPSA) is 73.6 Å². The lowest BCUT2D eigenvalue weighted by Gasteiger charge is -2.29. The van der Waals surface area contributed by atoms with Crippen molar-refractivity contribution < 1.29 is 14.3 Å². The zero-order chi connectivity index (χ0) is 15.4. The van der Waals surface area contributed by atoms with E-state index < -0.39 is 0 Å². The number of benzene rings is 1. The zero-order valence-corrected chi connectivity index (χ0v) is 12.9. The fourth-order valence-electron chi connectivity index (χ4n) is 2.85. The number of amides is 1. The van der Waals surface area contributed by atoms with Gasteiger partial charge in [-0.15, -0.1) is 0 Å². The summed E-state index contributed by atoms with van der Waals surface area (Å²) >= 11 is 0. The van der Waals surface area contributed by atoms with Crippen LogP contribution in [0.5, 0.6) is 11.5 Å². The first-order valence-corrected chi connectivity index (χ1v) is 7.39. The number of carbonyl (C=O) groups excluding carboxylic acids is 1. The molecule has 5 nitrogen and oxygen atoms in total. The average molecular weight is 292 g/mol. The standard InChI is InChI=1S/C16H24N2O3/c1-10-6-4-5-7-13(10)18-16(19)12-8-11(20-2)9-14(21-3)15(12)17/h8-10,13H,4-7,17H2,1-3H3,(H,18,19). The average Bonchev–Trinajstić information content (AvgIpc) is 2.49. The molecule has 0 radical (unpaired) electrons. The lowest BCUT2D eigenvalue weighted by Crippen LogP contribution is -2.41. The van der Waals surface area contributed by atoms with E-state index in [1.165, 1.54) is 13.5 Å². The van der Waals surface area contributed by atoms with Crippen molar-refractivity contribution in [3.8, 4) is 11.5 Å². The Morgan fingerprint density at radius 2 is 1.95 bits per heavy atom. The molecule has 0 aromatic heterocycles. The predicted molar refractivity (Wildman–Crippen MR) is 82.8 cm³/mol. The summed E-state index contributed by atoms with van der Waals surface area (Å²) in [5.74, 6) is 1.35. The van der Waals surface area contributed by atoms with Crippen LogP contribution in [0.25, 0.3) is 0 Å². The monoisotopic (exact) mass is 292 g/mol. The number of hydrogen-bond donors (Lipinski definition) is 2. The van der Waals surface area contributed by atoms with Gasteiger partial charge in [-0.1, -0.05) is 19.8 Å². The molecule has 21 heavy (non-hydrogen) atoms. The third-order valence-corrected chi connectivity index (χ3v) is 4.24. The van der Waals surface area contributed by atoms with Crippen LogP contribution in [0, 0.1) is 5.92 Å². The zero-order valence-electron chi connectivity index (χ0n) is 12.9. The van der Waals surface area contributed by atoms with Crippen molar-refractivity contribution in [2.75, 3.05) is 20.0 Å². The number of nitrogen functional groups attached to an aromatic ring is 1. The molecule has 1 fully saturated rings. The fraction of sp³-hybridized carbons (Fsp3) is 0.562. The van der Waals surface area contributed by atoms with Crippen molar-refractivity contribution in [1.82, 2.24) is 5.32 Å². The maximum atomic E-state index is 12.5. The second-order valence-electron chi connectivity index (χ2n) is 5.63. The second-order valence-corrected chi connectivity index (χ2v) is 5.63. The quantitative estimate of drug-likeness (QED) is 0.837. The first-order valence-electron chi connectivity index (χ1n) is 7.39. The van der Waals surface area contributed by atoms with Crippen molar-refractivity contribution in [2.24, 2.45) is 5.92 Å². The third-order valence-electron chi connectivity index (χ3n) is 4.24. The molecule has 5 heteroatoms. The van der Waals surface area contributed by atoms with Gasteiger partial charge in [0.05, 0.1) is 25.5 Å². The van der Waals surface area contributed by atoms with E-state index in [0.717, 1.165) is 19.3 Å². The summed E-state index contributed by atoms with van der Waals surface area (Å²) in [5.41, 5.74) is 6.77. The van der Waals surface area contributed by atoms with Crippen molar-refractivity contribution in [2.45, 2.75) is 38.6 Å². The maximum absolute atomic E-state index is 12.5. The molecule has 0 heterocycles. The van der Waals surface area contributed by atoms with Gasteiger partial charge in [0.2, 0.25) is 0 Å². The van der Waals surface area contributed by atoms with Gasteiger partial charge < -0.3 is 20.5 Å². The van der Waals surface area contributed by atoms with Crippen molar-refractivity contribution in [1.29, 1.82) is 0 Å². The Labute approximate surface area is 125 Å². The van der Waals surface area contributed by atoms with Gasteiger partial charge >= 0.3 is 0 Å². The van der Waals surface area contributed by atoms with E-state index in [-0.39, 0.29) is 11.9 Å². The van der Waals surface area contributed by atoms with Crippen LogP contribution >= 0.6 is 0 Å². The van der Waals surface area contributed by atoms with Crippen molar-refractivity contribution in [3.63, 3.8) is 0 Å². The number of nitrogens with one attached hydrogen (secondary N) is 1. The van der Waals surface area contributed by atoms with Crippen LogP contribution in [0.1, 0.15) is 43.0 Å². The molecule has 1 aliphatic rings. The Hall–Kier alpha value is -1.91. The maximum Gasteiger partial charge on any atom is 0.253 e. The van der Waals surface area contributed by atoms with Crippen molar-refractivity contribution in [3.05, 3.63) is 17.7 Å². The summed E-state index contributed by atoms with van der Waals surface area (Å²) in [5, 5.41) is 3.10. The van der Waals surface area contributed by atoms with Gasteiger partial charge in [-0.2, -0.15) is 0 Å². The third kappa shape index (κ3) is 3.40. The van der Waals surface area contributed by atoms with E-state index in [1.807, 2.05) is 0 Å². The highest BCUT2D eigenvalue weighted by Crippen LogP contribution is 2.31. The van der Waals surface area contributed by atoms with E-state index in [1.54, 1.807) is 19.2 Å². The van der Waals surface area contributed by atoms with Gasteiger partial charge in [0.1, 0.15) is 11.5 Å². The smallest absolute Gasteiger partial charge is 0.253 e. The largest absolute Gasteiger partial charge is 0.497 e. The van der Waals surface area contributed by atoms with Crippen LogP contribution in [0.2, 0.25) is 0 Å². The molecule has 1 amide bonds. The molecular weight excluding hydrogens is 268 g/mol. The highest BCUT2D eigenvalue weighted by Gasteiger charge is 2.25. The first-order chi connectivity index (χ1) is 10.1. The van der Waals surface area contributed by atoms with Crippen LogP contribution in [0.3, 0.4) is 0 Å². The first kappa shape index (κ1) is 15.5. The Balaban J connectivity index is 2.21. The molecule has 0 bridgehead atoms. The van der Waals surface area contributed by atoms with Gasteiger partial charge in [0.15, 0.2) is 0 Å². The van der Waals surface area contributed by atoms with Gasteiger partial charge in [0.25, 0.3) is 5.91 Å². The minimum absolute atomic E-state index is 0.163. The minimum Gasteiger partial charge on any atom is -0.497 e. The lowest BCUT2D eigenvalue weighted by atomic mass is 9.86. The predicted octanol–water partition coefficient (Wildman–Crippen LogP) is 2.59. The summed E-state index contributed by atoms with van der Waals surface area (Å²) < 4.78 is 10.4. The SMILES string of the molecule is COc1cc(OC)c(N)c(C(=O)NC2CCCCC2C)c1. The van der Waals surface area contributed by atoms with Crippen molar-refractivity contribution >= 4 is 11.6 Å². The van der Waals surface area contributed by atoms with E-state index in [4.69, 9.17) is 15.2 Å². The highest BCUT2D eigenvalue weighted by atomic mass is 16.5. The molecule has 1 aromatic rings. The second kappa shape index (κ2) is 6.70. The summed E-state index contributed by atoms with van der Waals surface area (Å²) in [6.45, 7) is 2.18. The van der Waals surface area contributed by atoms with E-state index in [0.29, 0.717) is 28.7 Å². The molecule has 116 valence electrons. The number of methoxy groups -OCH3 is 2. The Morgan fingerprint density at radius 3 is 2.57 bits per heavy atom. The molecular formula is C16H24N2O3. The number of rotatable bonds is 4. The van der Waals surface area contributed by atoms with Crippen LogP contribution < -0.4 is 20.5 Å². The van der Waals surface area contributed by atoms with E-state index in [9.17, 15) is 4.79 Å². The van der Waals surface area contributed by atoms with E-state index in [2.05, 4.69) is 12.2 Å². The Bertz CT molecular complexity index is 516. The molecule has 3 N–H and O–H groups in total. The Morgan fingerprint density at radius 1 is 1.24 bits per heavy atom. The summed E-state index contributed by atoms with van der Waals surface area (Å²) in [7, 11) is 3.08. The number of anilines is 1. The van der Waals surface area contributed by atoms with Gasteiger partial charge in [-0.05, 0) is 24.8 Å². The molecule has 2 atom stereocenters. The molecule has 2 unspecified atom stereocenters. The molecule has 2 rings (SSSR count). The lowest BCUT2D eigenvalue weighted by molar-refractivity contribution is 0.0910. The summed E-state index contributed by atoms with van der Waals surface area (Å²) in [6, 6.07) is 3.54. The van der Waals surface area contributed by atoms with Crippen LogP contribution in [-0.2, 0) is 0 Å². The van der Waals surface area contributed by atoms with Gasteiger partial charge in [-0.3, -0.25) is 4.79 Å². The van der Waals surface area contributed by atoms with Crippen LogP contribution in [0.15, 0.2) is 12.1 Å². The molecule has 1 aliphatic carbocycles. The number of carbonyl (C=O) groups is 1. The van der Waals surface area contributed by atoms with Crippen LogP contribution in [-0.4, -0.2) is 26.2 Å². The highest BCUT2D eigenvalue weighted by molar-refractivity contribution is 6.01. The number of ether oxygens (including phenoxy) is 2. The molecule has 1 saturated carbocycles. The summed E-state index contributed by atoms with van der Waals surface area (Å²) in [4.78, 5) is 12.5. The summed E-state index contributed by atoms with van der Waals surface area (Å²) in [6.07, 6.45) is 4.57. The number of hydrogen-bond acceptors (Lipinski definition) is 4. The molecule has 1 aromatic carbocycles. The van der Waals surface area contributed by atoms with Gasteiger partial charge in [0, 0.05) is 12.1 Å². The molecule has 0 spiro atoms. The van der Waals surface area contributed by atoms with E-state index >= 15 is 0 Å². The normalized spacial score (nSPS) is 21.7. The fourth-order valence-corrected chi connectivity index (χ4v) is 2.85. The molecule has 0 saturated heterocycles. The van der Waals surface area contributed by atoms with Crippen LogP contribution in [0.4, 0.5) is 5.69 Å². The minimum atomic E-state index is -0.163. The Kier molecular flexibility index (Phi) is 4.94.